The van der Waals surface area contributed by atoms with E-state index in [1.54, 1.807) is 0 Å². The Morgan fingerprint density at radius 3 is 2.55 bits per heavy atom. The van der Waals surface area contributed by atoms with E-state index in [0.717, 1.165) is 17.1 Å². The second-order valence-electron chi connectivity index (χ2n) is 4.49. The number of anilines is 1. The van der Waals surface area contributed by atoms with Gasteiger partial charge in [0.05, 0.1) is 12.2 Å². The lowest BCUT2D eigenvalue weighted by atomic mass is 10.1. The highest BCUT2D eigenvalue weighted by Crippen LogP contribution is 2.38. The van der Waals surface area contributed by atoms with Crippen molar-refractivity contribution < 1.29 is 26.7 Å². The molecule has 3 nitrogen and oxygen atoms in total. The highest BCUT2D eigenvalue weighted by Gasteiger charge is 2.54. The number of benzene rings is 1. The maximum Gasteiger partial charge on any atom is 0.401 e. The number of rotatable bonds is 2. The van der Waals surface area contributed by atoms with E-state index in [1.807, 2.05) is 0 Å². The number of halogens is 6. The van der Waals surface area contributed by atoms with Crippen LogP contribution in [0.1, 0.15) is 0 Å². The molecule has 0 radical (unpaired) electrons. The summed E-state index contributed by atoms with van der Waals surface area (Å²) in [6.45, 7) is -1.10. The van der Waals surface area contributed by atoms with Gasteiger partial charge in [-0.1, -0.05) is 17.5 Å². The first-order valence-corrected chi connectivity index (χ1v) is 6.28. The zero-order chi connectivity index (χ0) is 16.7. The van der Waals surface area contributed by atoms with Crippen molar-refractivity contribution in [3.8, 4) is 12.3 Å². The normalized spacial score (nSPS) is 19.6. The molecule has 1 aliphatic rings. The molecule has 118 valence electrons. The van der Waals surface area contributed by atoms with Crippen LogP contribution in [0.15, 0.2) is 12.1 Å². The first kappa shape index (κ1) is 16.5. The summed E-state index contributed by atoms with van der Waals surface area (Å²) in [6.07, 6.45) is 0.243. The van der Waals surface area contributed by atoms with Crippen molar-refractivity contribution in [3.63, 3.8) is 0 Å². The van der Waals surface area contributed by atoms with Gasteiger partial charge in [-0.05, 0) is 12.1 Å². The fourth-order valence-corrected chi connectivity index (χ4v) is 2.25. The predicted molar refractivity (Wildman–Crippen MR) is 68.8 cm³/mol. The Morgan fingerprint density at radius 2 is 2.00 bits per heavy atom. The molecule has 22 heavy (non-hydrogen) atoms. The third-order valence-corrected chi connectivity index (χ3v) is 3.44. The predicted octanol–water partition coefficient (Wildman–Crippen LogP) is 2.99. The summed E-state index contributed by atoms with van der Waals surface area (Å²) in [5.74, 6) is -4.09. The molecule has 1 atom stereocenters. The first-order chi connectivity index (χ1) is 10.2. The molecule has 0 aromatic heterocycles. The molecule has 2 rings (SSSR count). The number of amides is 1. The van der Waals surface area contributed by atoms with Gasteiger partial charge < -0.3 is 0 Å². The van der Waals surface area contributed by atoms with Crippen molar-refractivity contribution in [1.29, 1.82) is 0 Å². The van der Waals surface area contributed by atoms with Crippen LogP contribution in [0.3, 0.4) is 0 Å². The molecular weight excluding hydrogens is 331 g/mol. The van der Waals surface area contributed by atoms with Crippen molar-refractivity contribution in [2.24, 2.45) is 5.92 Å². The monoisotopic (exact) mass is 338 g/mol. The lowest BCUT2D eigenvalue weighted by Crippen LogP contribution is -2.40. The Kier molecular flexibility index (Phi) is 4.31. The van der Waals surface area contributed by atoms with Crippen LogP contribution < -0.4 is 5.01 Å². The summed E-state index contributed by atoms with van der Waals surface area (Å²) < 4.78 is 65.7. The lowest BCUT2D eigenvalue weighted by Gasteiger charge is -2.26. The molecule has 1 fully saturated rings. The quantitative estimate of drug-likeness (QED) is 0.470. The molecule has 0 saturated carbocycles. The van der Waals surface area contributed by atoms with Crippen LogP contribution in [0.2, 0.25) is 5.02 Å². The van der Waals surface area contributed by atoms with Crippen LogP contribution in [-0.4, -0.2) is 30.2 Å². The number of alkyl halides is 3. The van der Waals surface area contributed by atoms with Crippen molar-refractivity contribution >= 4 is 23.2 Å². The molecule has 1 aliphatic heterocycles. The van der Waals surface area contributed by atoms with Crippen molar-refractivity contribution in [3.05, 3.63) is 28.8 Å². The Balaban J connectivity index is 2.50. The average molecular weight is 339 g/mol. The lowest BCUT2D eigenvalue weighted by molar-refractivity contribution is -0.175. The second kappa shape index (κ2) is 5.74. The summed E-state index contributed by atoms with van der Waals surface area (Å²) in [5, 5.41) is 0.396. The van der Waals surface area contributed by atoms with Crippen LogP contribution >= 0.6 is 11.6 Å². The summed E-state index contributed by atoms with van der Waals surface area (Å²) >= 11 is 5.39. The van der Waals surface area contributed by atoms with Gasteiger partial charge in [-0.25, -0.2) is 18.8 Å². The Labute approximate surface area is 127 Å². The molecule has 0 N–H and O–H groups in total. The number of hydrazine groups is 1. The summed E-state index contributed by atoms with van der Waals surface area (Å²) in [6, 6.07) is 1.58. The number of nitrogens with zero attached hydrogens (tertiary/aromatic N) is 2. The maximum atomic E-state index is 14.0. The Hall–Kier alpha value is -1.85. The van der Waals surface area contributed by atoms with Gasteiger partial charge in [-0.2, -0.15) is 13.2 Å². The number of carbonyl (C=O) groups is 1. The van der Waals surface area contributed by atoms with E-state index in [-0.39, 0.29) is 6.54 Å². The van der Waals surface area contributed by atoms with Crippen LogP contribution in [0.4, 0.5) is 27.6 Å². The van der Waals surface area contributed by atoms with Crippen LogP contribution in [0.25, 0.3) is 0 Å². The SMILES string of the molecule is C#CCN1CC(C(F)(F)F)C(=O)N1c1ccc(F)c(Cl)c1F. The fraction of sp³-hybridized carbons (Fsp3) is 0.308. The van der Waals surface area contributed by atoms with Gasteiger partial charge in [0.2, 0.25) is 0 Å². The molecule has 1 heterocycles. The van der Waals surface area contributed by atoms with E-state index in [0.29, 0.717) is 5.01 Å². The third kappa shape index (κ3) is 2.74. The molecule has 1 amide bonds. The molecule has 1 saturated heterocycles. The van der Waals surface area contributed by atoms with Crippen LogP contribution in [0, 0.1) is 29.9 Å². The minimum atomic E-state index is -4.81. The largest absolute Gasteiger partial charge is 0.401 e. The Morgan fingerprint density at radius 1 is 1.36 bits per heavy atom. The van der Waals surface area contributed by atoms with E-state index in [4.69, 9.17) is 18.0 Å². The number of carbonyl (C=O) groups excluding carboxylic acids is 1. The molecule has 0 spiro atoms. The molecule has 1 unspecified atom stereocenters. The van der Waals surface area contributed by atoms with Gasteiger partial charge >= 0.3 is 6.18 Å². The summed E-state index contributed by atoms with van der Waals surface area (Å²) in [5.41, 5.74) is -0.585. The van der Waals surface area contributed by atoms with Crippen LogP contribution in [-0.2, 0) is 4.79 Å². The molecule has 1 aromatic carbocycles. The van der Waals surface area contributed by atoms with Crippen molar-refractivity contribution in [2.45, 2.75) is 6.18 Å². The molecule has 9 heteroatoms. The smallest absolute Gasteiger partial charge is 0.272 e. The zero-order valence-corrected chi connectivity index (χ0v) is 11.6. The van der Waals surface area contributed by atoms with Gasteiger partial charge in [0, 0.05) is 6.54 Å². The summed E-state index contributed by atoms with van der Waals surface area (Å²) in [4.78, 5) is 12.0. The number of hydrogen-bond acceptors (Lipinski definition) is 2. The molecule has 0 aliphatic carbocycles. The third-order valence-electron chi connectivity index (χ3n) is 3.09. The van der Waals surface area contributed by atoms with Gasteiger partial charge in [0.25, 0.3) is 5.91 Å². The summed E-state index contributed by atoms with van der Waals surface area (Å²) in [7, 11) is 0. The van der Waals surface area contributed by atoms with E-state index >= 15 is 0 Å². The van der Waals surface area contributed by atoms with E-state index < -0.39 is 46.9 Å². The zero-order valence-electron chi connectivity index (χ0n) is 10.8. The van der Waals surface area contributed by atoms with E-state index in [9.17, 15) is 26.7 Å². The van der Waals surface area contributed by atoms with Gasteiger partial charge in [-0.15, -0.1) is 6.42 Å². The highest BCUT2D eigenvalue weighted by molar-refractivity contribution is 6.31. The number of hydrogen-bond donors (Lipinski definition) is 0. The minimum Gasteiger partial charge on any atom is -0.272 e. The topological polar surface area (TPSA) is 23.6 Å². The highest BCUT2D eigenvalue weighted by atomic mass is 35.5. The van der Waals surface area contributed by atoms with Crippen molar-refractivity contribution in [1.82, 2.24) is 5.01 Å². The Bertz CT molecular complexity index is 655. The second-order valence-corrected chi connectivity index (χ2v) is 4.87. The van der Waals surface area contributed by atoms with Crippen molar-refractivity contribution in [2.75, 3.05) is 18.1 Å². The molecule has 1 aromatic rings. The van der Waals surface area contributed by atoms with Gasteiger partial charge in [0.1, 0.15) is 16.8 Å². The standard InChI is InChI=1S/C13H8ClF5N2O/c1-2-5-20-6-7(13(17,18)19)12(22)21(20)9-4-3-8(15)10(14)11(9)16/h1,3-4,7H,5-6H2. The van der Waals surface area contributed by atoms with Gasteiger partial charge in [-0.3, -0.25) is 4.79 Å². The first-order valence-electron chi connectivity index (χ1n) is 5.91. The number of terminal acetylenes is 1. The van der Waals surface area contributed by atoms with Crippen LogP contribution in [0.5, 0.6) is 0 Å². The molecule has 0 bridgehead atoms. The minimum absolute atomic E-state index is 0.354. The maximum absolute atomic E-state index is 14.0. The van der Waals surface area contributed by atoms with E-state index in [1.165, 1.54) is 0 Å². The van der Waals surface area contributed by atoms with Gasteiger partial charge in [0.15, 0.2) is 5.82 Å². The average Bonchev–Trinajstić information content (AvgIpc) is 2.74. The molecular formula is C13H8ClF5N2O. The van der Waals surface area contributed by atoms with E-state index in [2.05, 4.69) is 5.92 Å². The fourth-order valence-electron chi connectivity index (χ4n) is 2.09.